The Balaban J connectivity index is 1.73. The van der Waals surface area contributed by atoms with Gasteiger partial charge in [0.1, 0.15) is 17.2 Å². The van der Waals surface area contributed by atoms with Gasteiger partial charge in [0.2, 0.25) is 0 Å². The van der Waals surface area contributed by atoms with E-state index in [0.29, 0.717) is 17.1 Å². The topological polar surface area (TPSA) is 96.4 Å². The Kier molecular flexibility index (Phi) is 5.27. The number of pyridine rings is 1. The molecule has 0 saturated heterocycles. The van der Waals surface area contributed by atoms with E-state index >= 15 is 0 Å². The fourth-order valence-electron chi connectivity index (χ4n) is 3.63. The second-order valence-corrected chi connectivity index (χ2v) is 7.29. The van der Waals surface area contributed by atoms with E-state index < -0.39 is 0 Å². The Morgan fingerprint density at radius 3 is 2.12 bits per heavy atom. The number of methoxy groups -OCH3 is 2. The van der Waals surface area contributed by atoms with E-state index in [1.54, 1.807) is 26.6 Å². The van der Waals surface area contributed by atoms with Gasteiger partial charge >= 0.3 is 5.69 Å². The van der Waals surface area contributed by atoms with Gasteiger partial charge in [-0.2, -0.15) is 0 Å². The lowest BCUT2D eigenvalue weighted by Gasteiger charge is -2.11. The molecule has 164 valence electrons. The number of benzene rings is 2. The van der Waals surface area contributed by atoms with Gasteiger partial charge in [0, 0.05) is 23.5 Å². The molecule has 3 heterocycles. The molecule has 0 saturated carbocycles. The molecule has 3 aromatic heterocycles. The van der Waals surface area contributed by atoms with E-state index in [4.69, 9.17) is 9.47 Å². The van der Waals surface area contributed by atoms with E-state index in [1.165, 1.54) is 9.08 Å². The molecule has 2 aromatic carbocycles. The van der Waals surface area contributed by atoms with Gasteiger partial charge < -0.3 is 9.47 Å². The largest absolute Gasteiger partial charge is 0.497 e. The molecule has 33 heavy (non-hydrogen) atoms. The molecular weight excluding hydrogens is 420 g/mol. The monoisotopic (exact) mass is 440 g/mol. The molecule has 9 nitrogen and oxygen atoms in total. The summed E-state index contributed by atoms with van der Waals surface area (Å²) < 4.78 is 13.4. The Morgan fingerprint density at radius 1 is 0.848 bits per heavy atom. The van der Waals surface area contributed by atoms with Crippen molar-refractivity contribution in [3.8, 4) is 34.0 Å². The predicted octanol–water partition coefficient (Wildman–Crippen LogP) is 3.08. The van der Waals surface area contributed by atoms with Gasteiger partial charge in [-0.25, -0.2) is 13.9 Å². The van der Waals surface area contributed by atoms with E-state index in [0.717, 1.165) is 22.4 Å². The van der Waals surface area contributed by atoms with Crippen LogP contribution in [-0.4, -0.2) is 43.6 Å². The van der Waals surface area contributed by atoms with Crippen molar-refractivity contribution < 1.29 is 9.47 Å². The zero-order valence-electron chi connectivity index (χ0n) is 18.0. The fraction of sp³-hybridized carbons (Fsp3) is 0.125. The highest BCUT2D eigenvalue weighted by Gasteiger charge is 2.20. The highest BCUT2D eigenvalue weighted by Crippen LogP contribution is 2.31. The van der Waals surface area contributed by atoms with Gasteiger partial charge in [0.05, 0.1) is 26.5 Å². The molecule has 0 spiro atoms. The minimum atomic E-state index is -0.315. The van der Waals surface area contributed by atoms with Gasteiger partial charge in [-0.15, -0.1) is 15.3 Å². The smallest absolute Gasteiger partial charge is 0.352 e. The Morgan fingerprint density at radius 2 is 1.52 bits per heavy atom. The summed E-state index contributed by atoms with van der Waals surface area (Å²) in [5.41, 5.74) is 3.27. The lowest BCUT2D eigenvalue weighted by Crippen LogP contribution is -2.23. The summed E-state index contributed by atoms with van der Waals surface area (Å²) in [7, 11) is 3.22. The van der Waals surface area contributed by atoms with Crippen molar-refractivity contribution in [2.45, 2.75) is 6.54 Å². The number of nitrogens with zero attached hydrogens (tertiary/aromatic N) is 6. The van der Waals surface area contributed by atoms with Crippen LogP contribution in [0.5, 0.6) is 11.5 Å². The van der Waals surface area contributed by atoms with Crippen LogP contribution in [0.15, 0.2) is 77.9 Å². The van der Waals surface area contributed by atoms with Gasteiger partial charge in [-0.05, 0) is 60.2 Å². The Labute approximate surface area is 188 Å². The highest BCUT2D eigenvalue weighted by molar-refractivity contribution is 5.79. The summed E-state index contributed by atoms with van der Waals surface area (Å²) in [5, 5.41) is 13.1. The van der Waals surface area contributed by atoms with Crippen molar-refractivity contribution >= 4 is 5.78 Å². The summed E-state index contributed by atoms with van der Waals surface area (Å²) in [4.78, 5) is 17.6. The number of fused-ring (bicyclic) bond motifs is 1. The number of hydrogen-bond acceptors (Lipinski definition) is 7. The molecule has 0 unspecified atom stereocenters. The molecule has 0 radical (unpaired) electrons. The van der Waals surface area contributed by atoms with E-state index in [9.17, 15) is 4.79 Å². The maximum atomic E-state index is 13.5. The first-order valence-corrected chi connectivity index (χ1v) is 10.2. The molecular formula is C24H20N6O3. The molecule has 0 N–H and O–H groups in total. The van der Waals surface area contributed by atoms with Gasteiger partial charge in [-0.1, -0.05) is 6.07 Å². The number of hydrogen-bond donors (Lipinski definition) is 0. The van der Waals surface area contributed by atoms with E-state index in [-0.39, 0.29) is 18.0 Å². The minimum Gasteiger partial charge on any atom is -0.497 e. The van der Waals surface area contributed by atoms with Crippen LogP contribution in [0.4, 0.5) is 0 Å². The van der Waals surface area contributed by atoms with E-state index in [1.807, 2.05) is 60.7 Å². The van der Waals surface area contributed by atoms with Gasteiger partial charge in [0.15, 0.2) is 0 Å². The van der Waals surface area contributed by atoms with Crippen LogP contribution in [0.2, 0.25) is 0 Å². The third-order valence-corrected chi connectivity index (χ3v) is 5.29. The SMILES string of the molecule is COc1ccc(-c2nnc3nn(Cc4cccnc4)c(=O)n3c2-c2ccc(OC)cc2)cc1. The minimum absolute atomic E-state index is 0.215. The summed E-state index contributed by atoms with van der Waals surface area (Å²) in [6.07, 6.45) is 3.39. The molecule has 0 aliphatic heterocycles. The Bertz CT molecular complexity index is 1460. The van der Waals surface area contributed by atoms with E-state index in [2.05, 4.69) is 20.3 Å². The summed E-state index contributed by atoms with van der Waals surface area (Å²) >= 11 is 0. The standard InChI is InChI=1S/C24H20N6O3/c1-32-19-9-5-17(6-10-19)21-22(18-7-11-20(33-2)12-8-18)30-23(27-26-21)28-29(24(30)31)15-16-4-3-13-25-14-16/h3-14H,15H2,1-2H3. The third-order valence-electron chi connectivity index (χ3n) is 5.29. The molecule has 5 aromatic rings. The maximum Gasteiger partial charge on any atom is 0.352 e. The number of aromatic nitrogens is 6. The molecule has 0 aliphatic rings. The second kappa shape index (κ2) is 8.54. The average molecular weight is 440 g/mol. The molecule has 0 aliphatic carbocycles. The second-order valence-electron chi connectivity index (χ2n) is 7.29. The van der Waals surface area contributed by atoms with Gasteiger partial charge in [-0.3, -0.25) is 4.98 Å². The predicted molar refractivity (Wildman–Crippen MR) is 122 cm³/mol. The summed E-state index contributed by atoms with van der Waals surface area (Å²) in [6.45, 7) is 0.274. The van der Waals surface area contributed by atoms with Crippen molar-refractivity contribution in [1.29, 1.82) is 0 Å². The van der Waals surface area contributed by atoms with Crippen molar-refractivity contribution in [1.82, 2.24) is 29.4 Å². The summed E-state index contributed by atoms with van der Waals surface area (Å²) in [5.74, 6) is 1.65. The quantitative estimate of drug-likeness (QED) is 0.400. The van der Waals surface area contributed by atoms with Crippen LogP contribution in [-0.2, 0) is 6.54 Å². The van der Waals surface area contributed by atoms with Crippen LogP contribution < -0.4 is 15.2 Å². The molecule has 5 rings (SSSR count). The third kappa shape index (κ3) is 3.80. The number of rotatable bonds is 6. The molecule has 0 amide bonds. The normalized spacial score (nSPS) is 11.0. The molecule has 9 heteroatoms. The van der Waals surface area contributed by atoms with Crippen molar-refractivity contribution in [3.05, 3.63) is 89.1 Å². The highest BCUT2D eigenvalue weighted by atomic mass is 16.5. The van der Waals surface area contributed by atoms with Crippen LogP contribution in [0, 0.1) is 0 Å². The first-order chi connectivity index (χ1) is 16.2. The first-order valence-electron chi connectivity index (χ1n) is 10.2. The first kappa shape index (κ1) is 20.4. The van der Waals surface area contributed by atoms with Crippen molar-refractivity contribution in [3.63, 3.8) is 0 Å². The van der Waals surface area contributed by atoms with Gasteiger partial charge in [0.25, 0.3) is 5.78 Å². The molecule has 0 atom stereocenters. The molecule has 0 bridgehead atoms. The fourth-order valence-corrected chi connectivity index (χ4v) is 3.63. The number of ether oxygens (including phenoxy) is 2. The lowest BCUT2D eigenvalue weighted by atomic mass is 10.0. The average Bonchev–Trinajstić information content (AvgIpc) is 3.19. The maximum absolute atomic E-state index is 13.5. The van der Waals surface area contributed by atoms with Crippen LogP contribution in [0.1, 0.15) is 5.56 Å². The molecule has 0 fully saturated rings. The zero-order valence-corrected chi connectivity index (χ0v) is 18.0. The van der Waals surface area contributed by atoms with Crippen LogP contribution in [0.3, 0.4) is 0 Å². The van der Waals surface area contributed by atoms with Crippen molar-refractivity contribution in [2.75, 3.05) is 14.2 Å². The lowest BCUT2D eigenvalue weighted by molar-refractivity contribution is 0.414. The zero-order chi connectivity index (χ0) is 22.8. The Hall–Kier alpha value is -4.53. The summed E-state index contributed by atoms with van der Waals surface area (Å²) in [6, 6.07) is 18.6. The van der Waals surface area contributed by atoms with Crippen LogP contribution in [0.25, 0.3) is 28.3 Å². The van der Waals surface area contributed by atoms with Crippen molar-refractivity contribution in [2.24, 2.45) is 0 Å². The van der Waals surface area contributed by atoms with Crippen LogP contribution >= 0.6 is 0 Å².